The molecule has 0 bridgehead atoms. The number of nitrogens with zero attached hydrogens (tertiary/aromatic N) is 4. The molecule has 1 aliphatic carbocycles. The summed E-state index contributed by atoms with van der Waals surface area (Å²) in [6.07, 6.45) is 4.09. The second kappa shape index (κ2) is 9.43. The van der Waals surface area contributed by atoms with E-state index in [4.69, 9.17) is 10.5 Å². The Morgan fingerprint density at radius 2 is 1.73 bits per heavy atom. The first-order valence-corrected chi connectivity index (χ1v) is 8.32. The van der Waals surface area contributed by atoms with Gasteiger partial charge in [0.2, 0.25) is 5.91 Å². The van der Waals surface area contributed by atoms with Gasteiger partial charge in [0.1, 0.15) is 0 Å². The number of hydrogen-bond donors (Lipinski definition) is 0. The molecule has 0 aromatic heterocycles. The van der Waals surface area contributed by atoms with Crippen molar-refractivity contribution in [2.24, 2.45) is 5.92 Å². The number of amides is 1. The molecule has 0 saturated heterocycles. The molecule has 5 nitrogen and oxygen atoms in total. The number of carbonyl (C=O) groups is 1. The second-order valence-corrected chi connectivity index (χ2v) is 6.23. The zero-order valence-electron chi connectivity index (χ0n) is 14.1. The van der Waals surface area contributed by atoms with Crippen LogP contribution in [0.3, 0.4) is 0 Å². The number of hydrogen-bond acceptors (Lipinski definition) is 4. The van der Waals surface area contributed by atoms with Crippen LogP contribution in [0.25, 0.3) is 0 Å². The summed E-state index contributed by atoms with van der Waals surface area (Å²) in [7, 11) is 0. The highest BCUT2D eigenvalue weighted by atomic mass is 16.2. The molecule has 1 rings (SSSR count). The Kier molecular flexibility index (Phi) is 7.91. The van der Waals surface area contributed by atoms with Crippen molar-refractivity contribution >= 4 is 5.91 Å². The quantitative estimate of drug-likeness (QED) is 0.622. The summed E-state index contributed by atoms with van der Waals surface area (Å²) in [4.78, 5) is 16.6. The summed E-state index contributed by atoms with van der Waals surface area (Å²) in [6.45, 7) is 7.87. The van der Waals surface area contributed by atoms with Gasteiger partial charge in [-0.2, -0.15) is 10.5 Å². The normalized spacial score (nSPS) is 16.6. The highest BCUT2D eigenvalue weighted by molar-refractivity contribution is 5.78. The van der Waals surface area contributed by atoms with Crippen molar-refractivity contribution in [1.29, 1.82) is 10.5 Å². The Bertz CT molecular complexity index is 415. The molecule has 1 fully saturated rings. The van der Waals surface area contributed by atoms with E-state index in [0.29, 0.717) is 50.5 Å². The zero-order chi connectivity index (χ0) is 16.5. The predicted octanol–water partition coefficient (Wildman–Crippen LogP) is 2.54. The molecule has 1 saturated carbocycles. The summed E-state index contributed by atoms with van der Waals surface area (Å²) in [6, 6.07) is 5.07. The molecule has 2 unspecified atom stereocenters. The van der Waals surface area contributed by atoms with Crippen LogP contribution in [0.2, 0.25) is 0 Å². The zero-order valence-corrected chi connectivity index (χ0v) is 14.1. The van der Waals surface area contributed by atoms with Crippen LogP contribution in [0.4, 0.5) is 0 Å². The maximum absolute atomic E-state index is 12.6. The van der Waals surface area contributed by atoms with Crippen molar-refractivity contribution in [2.45, 2.75) is 65.0 Å². The van der Waals surface area contributed by atoms with Gasteiger partial charge in [0, 0.05) is 25.2 Å². The lowest BCUT2D eigenvalue weighted by Gasteiger charge is -2.34. The van der Waals surface area contributed by atoms with Crippen molar-refractivity contribution in [1.82, 2.24) is 9.80 Å². The molecule has 22 heavy (non-hydrogen) atoms. The van der Waals surface area contributed by atoms with Gasteiger partial charge in [-0.15, -0.1) is 0 Å². The van der Waals surface area contributed by atoms with E-state index in [0.717, 1.165) is 6.42 Å². The van der Waals surface area contributed by atoms with Crippen LogP contribution in [-0.4, -0.2) is 47.4 Å². The molecule has 2 atom stereocenters. The largest absolute Gasteiger partial charge is 0.340 e. The molecule has 0 aromatic carbocycles. The first-order valence-electron chi connectivity index (χ1n) is 8.32. The Balaban J connectivity index is 2.66. The molecule has 1 aliphatic rings. The van der Waals surface area contributed by atoms with Crippen molar-refractivity contribution in [3.05, 3.63) is 0 Å². The fraction of sp³-hybridized carbons (Fsp3) is 0.824. The summed E-state index contributed by atoms with van der Waals surface area (Å²) < 4.78 is 0. The molecule has 1 amide bonds. The van der Waals surface area contributed by atoms with Crippen LogP contribution in [0.15, 0.2) is 0 Å². The Morgan fingerprint density at radius 1 is 1.18 bits per heavy atom. The summed E-state index contributed by atoms with van der Waals surface area (Å²) in [5.41, 5.74) is 0. The molecular formula is C17H28N4O. The SMILES string of the molecule is CCC(C)C(C)N(CC(=O)N(CCC#N)CCC#N)C1CC1. The summed E-state index contributed by atoms with van der Waals surface area (Å²) >= 11 is 0. The first-order chi connectivity index (χ1) is 10.5. The second-order valence-electron chi connectivity index (χ2n) is 6.23. The van der Waals surface area contributed by atoms with Gasteiger partial charge in [-0.3, -0.25) is 9.69 Å². The monoisotopic (exact) mass is 304 g/mol. The van der Waals surface area contributed by atoms with Gasteiger partial charge >= 0.3 is 0 Å². The maximum atomic E-state index is 12.6. The molecule has 0 aliphatic heterocycles. The fourth-order valence-corrected chi connectivity index (χ4v) is 2.67. The molecular weight excluding hydrogens is 276 g/mol. The van der Waals surface area contributed by atoms with Crippen LogP contribution in [-0.2, 0) is 4.79 Å². The lowest BCUT2D eigenvalue weighted by atomic mass is 9.99. The summed E-state index contributed by atoms with van der Waals surface area (Å²) in [5, 5.41) is 17.5. The van der Waals surface area contributed by atoms with E-state index in [-0.39, 0.29) is 5.91 Å². The minimum absolute atomic E-state index is 0.0487. The number of carbonyl (C=O) groups excluding carboxylic acids is 1. The van der Waals surface area contributed by atoms with Gasteiger partial charge in [-0.25, -0.2) is 0 Å². The molecule has 0 N–H and O–H groups in total. The number of rotatable bonds is 10. The molecule has 0 heterocycles. The standard InChI is InChI=1S/C17H28N4O/c1-4-14(2)15(3)21(16-7-8-16)13-17(22)20(11-5-9-18)12-6-10-19/h14-16H,4-8,11-13H2,1-3H3. The van der Waals surface area contributed by atoms with Crippen molar-refractivity contribution in [3.8, 4) is 12.1 Å². The van der Waals surface area contributed by atoms with Crippen LogP contribution in [0, 0.1) is 28.6 Å². The van der Waals surface area contributed by atoms with Gasteiger partial charge < -0.3 is 4.90 Å². The van der Waals surface area contributed by atoms with E-state index in [1.807, 2.05) is 0 Å². The molecule has 0 radical (unpaired) electrons. The maximum Gasteiger partial charge on any atom is 0.236 e. The van der Waals surface area contributed by atoms with Gasteiger partial charge in [0.25, 0.3) is 0 Å². The lowest BCUT2D eigenvalue weighted by molar-refractivity contribution is -0.133. The molecule has 0 aromatic rings. The van der Waals surface area contributed by atoms with E-state index in [1.165, 1.54) is 12.8 Å². The average Bonchev–Trinajstić information content (AvgIpc) is 3.35. The third kappa shape index (κ3) is 5.66. The third-order valence-corrected chi connectivity index (χ3v) is 4.66. The molecule has 5 heteroatoms. The average molecular weight is 304 g/mol. The minimum atomic E-state index is 0.0487. The van der Waals surface area contributed by atoms with Gasteiger partial charge in [0.05, 0.1) is 31.5 Å². The van der Waals surface area contributed by atoms with Gasteiger partial charge in [0.15, 0.2) is 0 Å². The smallest absolute Gasteiger partial charge is 0.236 e. The molecule has 122 valence electrons. The van der Waals surface area contributed by atoms with Crippen molar-refractivity contribution < 1.29 is 4.79 Å². The van der Waals surface area contributed by atoms with Crippen molar-refractivity contribution in [3.63, 3.8) is 0 Å². The van der Waals surface area contributed by atoms with Crippen LogP contribution in [0.1, 0.15) is 52.9 Å². The highest BCUT2D eigenvalue weighted by Crippen LogP contribution is 2.31. The third-order valence-electron chi connectivity index (χ3n) is 4.66. The van der Waals surface area contributed by atoms with E-state index in [1.54, 1.807) is 4.90 Å². The first kappa shape index (κ1) is 18.5. The van der Waals surface area contributed by atoms with Crippen LogP contribution in [0.5, 0.6) is 0 Å². The molecule has 0 spiro atoms. The fourth-order valence-electron chi connectivity index (χ4n) is 2.67. The Morgan fingerprint density at radius 3 is 2.14 bits per heavy atom. The van der Waals surface area contributed by atoms with Gasteiger partial charge in [-0.05, 0) is 25.7 Å². The lowest BCUT2D eigenvalue weighted by Crippen LogP contribution is -2.47. The van der Waals surface area contributed by atoms with E-state index >= 15 is 0 Å². The minimum Gasteiger partial charge on any atom is -0.340 e. The van der Waals surface area contributed by atoms with Crippen LogP contribution >= 0.6 is 0 Å². The van der Waals surface area contributed by atoms with Crippen LogP contribution < -0.4 is 0 Å². The number of nitriles is 2. The van der Waals surface area contributed by atoms with E-state index in [2.05, 4.69) is 37.8 Å². The predicted molar refractivity (Wildman–Crippen MR) is 85.7 cm³/mol. The van der Waals surface area contributed by atoms with E-state index < -0.39 is 0 Å². The van der Waals surface area contributed by atoms with Gasteiger partial charge in [-0.1, -0.05) is 20.3 Å². The topological polar surface area (TPSA) is 71.1 Å². The Labute approximate surface area is 134 Å². The Hall–Kier alpha value is -1.59. The van der Waals surface area contributed by atoms with E-state index in [9.17, 15) is 4.79 Å². The van der Waals surface area contributed by atoms with Crippen molar-refractivity contribution in [2.75, 3.05) is 19.6 Å². The highest BCUT2D eigenvalue weighted by Gasteiger charge is 2.35. The summed E-state index contributed by atoms with van der Waals surface area (Å²) in [5.74, 6) is 0.604.